The molecule has 1 amide bonds. The van der Waals surface area contributed by atoms with Gasteiger partial charge in [-0.15, -0.1) is 12.4 Å². The Hall–Kier alpha value is -0.280. The molecule has 0 aromatic heterocycles. The third kappa shape index (κ3) is 5.31. The van der Waals surface area contributed by atoms with E-state index >= 15 is 0 Å². The smallest absolute Gasteiger partial charge is 0.225 e. The molecule has 3 atom stereocenters. The summed E-state index contributed by atoms with van der Waals surface area (Å²) in [6.07, 6.45) is 6.53. The summed E-state index contributed by atoms with van der Waals surface area (Å²) in [6.45, 7) is 8.09. The number of carbonyl (C=O) groups excluding carboxylic acids is 1. The van der Waals surface area contributed by atoms with E-state index in [0.29, 0.717) is 18.4 Å². The highest BCUT2D eigenvalue weighted by atomic mass is 35.5. The van der Waals surface area contributed by atoms with Gasteiger partial charge in [0, 0.05) is 25.0 Å². The number of rotatable bonds is 6. The first kappa shape index (κ1) is 18.7. The molecule has 1 rings (SSSR count). The second kappa shape index (κ2) is 9.60. The van der Waals surface area contributed by atoms with Crippen molar-refractivity contribution < 1.29 is 4.79 Å². The van der Waals surface area contributed by atoms with E-state index in [9.17, 15) is 4.79 Å². The lowest BCUT2D eigenvalue weighted by molar-refractivity contribution is -0.140. The van der Waals surface area contributed by atoms with E-state index in [2.05, 4.69) is 25.7 Å². The molecule has 1 heterocycles. The molecule has 4 heteroatoms. The van der Waals surface area contributed by atoms with Gasteiger partial charge in [-0.2, -0.15) is 0 Å². The summed E-state index contributed by atoms with van der Waals surface area (Å²) in [4.78, 5) is 14.7. The fourth-order valence-electron chi connectivity index (χ4n) is 2.95. The molecule has 114 valence electrons. The molecule has 0 aliphatic carbocycles. The molecule has 2 N–H and O–H groups in total. The van der Waals surface area contributed by atoms with Crippen molar-refractivity contribution in [3.63, 3.8) is 0 Å². The number of likely N-dealkylation sites (tertiary alicyclic amines) is 1. The molecule has 0 bridgehead atoms. The molecule has 0 spiro atoms. The van der Waals surface area contributed by atoms with Gasteiger partial charge in [0.05, 0.1) is 0 Å². The number of nitrogens with two attached hydrogens (primary N) is 1. The van der Waals surface area contributed by atoms with Gasteiger partial charge in [-0.3, -0.25) is 4.79 Å². The number of nitrogens with zero attached hydrogens (tertiary/aromatic N) is 1. The van der Waals surface area contributed by atoms with Crippen LogP contribution in [-0.2, 0) is 4.79 Å². The summed E-state index contributed by atoms with van der Waals surface area (Å²) in [5, 5.41) is 0. The zero-order chi connectivity index (χ0) is 13.5. The summed E-state index contributed by atoms with van der Waals surface area (Å²) in [5.41, 5.74) is 5.84. The van der Waals surface area contributed by atoms with Crippen LogP contribution in [0, 0.1) is 11.8 Å². The quantitative estimate of drug-likeness (QED) is 0.816. The molecule has 0 radical (unpaired) electrons. The van der Waals surface area contributed by atoms with Crippen LogP contribution in [0.25, 0.3) is 0 Å². The number of halogens is 1. The van der Waals surface area contributed by atoms with E-state index in [1.54, 1.807) is 0 Å². The van der Waals surface area contributed by atoms with Gasteiger partial charge in [-0.25, -0.2) is 0 Å². The summed E-state index contributed by atoms with van der Waals surface area (Å²) in [5.74, 6) is 1.28. The summed E-state index contributed by atoms with van der Waals surface area (Å²) < 4.78 is 0. The molecule has 19 heavy (non-hydrogen) atoms. The van der Waals surface area contributed by atoms with Gasteiger partial charge in [0.2, 0.25) is 5.91 Å². The predicted molar refractivity (Wildman–Crippen MR) is 83.5 cm³/mol. The maximum atomic E-state index is 12.6. The second-order valence-corrected chi connectivity index (χ2v) is 5.80. The number of amides is 1. The van der Waals surface area contributed by atoms with Crippen LogP contribution < -0.4 is 5.73 Å². The molecular formula is C15H31ClN2O. The Balaban J connectivity index is 0.00000324. The van der Waals surface area contributed by atoms with Crippen molar-refractivity contribution in [1.82, 2.24) is 4.90 Å². The highest BCUT2D eigenvalue weighted by Crippen LogP contribution is 2.25. The number of hydrogen-bond acceptors (Lipinski definition) is 2. The Labute approximate surface area is 124 Å². The van der Waals surface area contributed by atoms with Crippen LogP contribution in [0.2, 0.25) is 0 Å². The van der Waals surface area contributed by atoms with Crippen molar-refractivity contribution in [1.29, 1.82) is 0 Å². The largest absolute Gasteiger partial charge is 0.338 e. The van der Waals surface area contributed by atoms with Crippen LogP contribution in [0.4, 0.5) is 0 Å². The number of carbonyl (C=O) groups is 1. The molecule has 1 saturated heterocycles. The van der Waals surface area contributed by atoms with Crippen LogP contribution in [0.5, 0.6) is 0 Å². The first-order valence-corrected chi connectivity index (χ1v) is 7.64. The highest BCUT2D eigenvalue weighted by molar-refractivity contribution is 5.85. The summed E-state index contributed by atoms with van der Waals surface area (Å²) in [6, 6.07) is 0.275. The monoisotopic (exact) mass is 290 g/mol. The van der Waals surface area contributed by atoms with Crippen LogP contribution in [-0.4, -0.2) is 29.9 Å². The van der Waals surface area contributed by atoms with Crippen molar-refractivity contribution in [2.45, 2.75) is 65.3 Å². The van der Waals surface area contributed by atoms with E-state index < -0.39 is 0 Å². The third-order valence-electron chi connectivity index (χ3n) is 4.28. The first-order chi connectivity index (χ1) is 8.63. The maximum absolute atomic E-state index is 12.6. The van der Waals surface area contributed by atoms with E-state index in [-0.39, 0.29) is 24.4 Å². The first-order valence-electron chi connectivity index (χ1n) is 7.64. The average molecular weight is 291 g/mol. The average Bonchev–Trinajstić information content (AvgIpc) is 2.39. The van der Waals surface area contributed by atoms with Gasteiger partial charge < -0.3 is 10.6 Å². The van der Waals surface area contributed by atoms with Crippen LogP contribution in [0.15, 0.2) is 0 Å². The Morgan fingerprint density at radius 3 is 2.63 bits per heavy atom. The van der Waals surface area contributed by atoms with Crippen molar-refractivity contribution >= 4 is 18.3 Å². The fourth-order valence-corrected chi connectivity index (χ4v) is 2.95. The van der Waals surface area contributed by atoms with Gasteiger partial charge in [-0.05, 0) is 31.6 Å². The third-order valence-corrected chi connectivity index (χ3v) is 4.28. The molecule has 1 aliphatic heterocycles. The zero-order valence-electron chi connectivity index (χ0n) is 12.7. The van der Waals surface area contributed by atoms with Gasteiger partial charge in [0.25, 0.3) is 0 Å². The fraction of sp³-hybridized carbons (Fsp3) is 0.933. The van der Waals surface area contributed by atoms with Gasteiger partial charge in [0.15, 0.2) is 0 Å². The minimum absolute atomic E-state index is 0. The maximum Gasteiger partial charge on any atom is 0.225 e. The summed E-state index contributed by atoms with van der Waals surface area (Å²) >= 11 is 0. The zero-order valence-corrected chi connectivity index (χ0v) is 13.5. The lowest BCUT2D eigenvalue weighted by Gasteiger charge is -2.39. The van der Waals surface area contributed by atoms with Crippen molar-refractivity contribution in [3.05, 3.63) is 0 Å². The lowest BCUT2D eigenvalue weighted by Crippen LogP contribution is -2.51. The minimum atomic E-state index is 0. The van der Waals surface area contributed by atoms with Gasteiger partial charge in [-0.1, -0.05) is 33.6 Å². The minimum Gasteiger partial charge on any atom is -0.338 e. The predicted octanol–water partition coefficient (Wildman–Crippen LogP) is 3.21. The number of piperidine rings is 1. The Bertz CT molecular complexity index is 261. The number of hydrogen-bond donors (Lipinski definition) is 1. The van der Waals surface area contributed by atoms with Crippen LogP contribution >= 0.6 is 12.4 Å². The molecule has 3 nitrogen and oxygen atoms in total. The van der Waals surface area contributed by atoms with Crippen LogP contribution in [0.1, 0.15) is 59.3 Å². The normalized spacial score (nSPS) is 24.7. The van der Waals surface area contributed by atoms with E-state index in [4.69, 9.17) is 5.73 Å². The van der Waals surface area contributed by atoms with E-state index in [1.165, 1.54) is 6.42 Å². The van der Waals surface area contributed by atoms with Gasteiger partial charge >= 0.3 is 0 Å². The topological polar surface area (TPSA) is 46.3 Å². The highest BCUT2D eigenvalue weighted by Gasteiger charge is 2.31. The van der Waals surface area contributed by atoms with E-state index in [1.807, 2.05) is 0 Å². The van der Waals surface area contributed by atoms with Gasteiger partial charge in [0.1, 0.15) is 0 Å². The molecule has 0 aromatic rings. The number of unbranched alkanes of at least 4 members (excludes halogenated alkanes) is 1. The molecule has 3 unspecified atom stereocenters. The Morgan fingerprint density at radius 2 is 2.11 bits per heavy atom. The molecule has 0 aromatic carbocycles. The van der Waals surface area contributed by atoms with Crippen molar-refractivity contribution in [2.75, 3.05) is 13.1 Å². The summed E-state index contributed by atoms with van der Waals surface area (Å²) in [7, 11) is 0. The van der Waals surface area contributed by atoms with Crippen LogP contribution in [0.3, 0.4) is 0 Å². The Kier molecular flexibility index (Phi) is 9.46. The Morgan fingerprint density at radius 1 is 1.42 bits per heavy atom. The SMILES string of the molecule is CCCCC(CC)C(=O)N1CCC(C)CC1CN.Cl. The molecule has 0 saturated carbocycles. The molecule has 1 aliphatic rings. The lowest BCUT2D eigenvalue weighted by atomic mass is 9.89. The van der Waals surface area contributed by atoms with Crippen molar-refractivity contribution in [3.8, 4) is 0 Å². The molecular weight excluding hydrogens is 260 g/mol. The van der Waals surface area contributed by atoms with E-state index in [0.717, 1.165) is 38.6 Å². The second-order valence-electron chi connectivity index (χ2n) is 5.80. The molecule has 1 fully saturated rings. The standard InChI is InChI=1S/C15H30N2O.ClH/c1-4-6-7-13(5-2)15(18)17-9-8-12(3)10-14(17)11-16;/h12-14H,4-11,16H2,1-3H3;1H. The van der Waals surface area contributed by atoms with Crippen molar-refractivity contribution in [2.24, 2.45) is 17.6 Å².